The minimum Gasteiger partial charge on any atom is -0.357 e. The molecule has 1 fully saturated rings. The van der Waals surface area contributed by atoms with Gasteiger partial charge in [-0.2, -0.15) is 0 Å². The molecule has 0 atom stereocenters. The van der Waals surface area contributed by atoms with Crippen LogP contribution in [0.2, 0.25) is 0 Å². The van der Waals surface area contributed by atoms with E-state index < -0.39 is 0 Å². The van der Waals surface area contributed by atoms with Gasteiger partial charge in [0.25, 0.3) is 0 Å². The zero-order valence-electron chi connectivity index (χ0n) is 10.7. The number of hydrogen-bond acceptors (Lipinski definition) is 2. The molecule has 1 aliphatic rings. The van der Waals surface area contributed by atoms with Crippen LogP contribution < -0.4 is 4.90 Å². The maximum absolute atomic E-state index is 4.65. The molecule has 0 radical (unpaired) electrons. The van der Waals surface area contributed by atoms with Gasteiger partial charge in [-0.15, -0.1) is 0 Å². The summed E-state index contributed by atoms with van der Waals surface area (Å²) in [6.07, 6.45) is 3.79. The highest BCUT2D eigenvalue weighted by molar-refractivity contribution is 5.43. The molecule has 2 nitrogen and oxygen atoms in total. The SMILES string of the molecule is Cc1cc(CC(C)C)cc(N2CCCC2)n1. The number of pyridine rings is 1. The van der Waals surface area contributed by atoms with Crippen molar-refractivity contribution in [3.05, 3.63) is 23.4 Å². The van der Waals surface area contributed by atoms with Gasteiger partial charge < -0.3 is 4.90 Å². The predicted octanol–water partition coefficient (Wildman–Crippen LogP) is 3.19. The zero-order chi connectivity index (χ0) is 11.5. The third-order valence-electron chi connectivity index (χ3n) is 3.07. The molecule has 2 rings (SSSR count). The van der Waals surface area contributed by atoms with E-state index in [9.17, 15) is 0 Å². The molecular weight excluding hydrogens is 196 g/mol. The van der Waals surface area contributed by atoms with Crippen LogP contribution in [0.25, 0.3) is 0 Å². The normalized spacial score (nSPS) is 16.1. The number of anilines is 1. The van der Waals surface area contributed by atoms with Crippen LogP contribution in [0, 0.1) is 12.8 Å². The maximum Gasteiger partial charge on any atom is 0.129 e. The lowest BCUT2D eigenvalue weighted by Gasteiger charge is -2.18. The van der Waals surface area contributed by atoms with Gasteiger partial charge in [-0.25, -0.2) is 4.98 Å². The van der Waals surface area contributed by atoms with Crippen molar-refractivity contribution < 1.29 is 0 Å². The molecule has 1 aromatic rings. The van der Waals surface area contributed by atoms with Crippen molar-refractivity contribution >= 4 is 5.82 Å². The number of nitrogens with zero attached hydrogens (tertiary/aromatic N) is 2. The van der Waals surface area contributed by atoms with Crippen LogP contribution in [0.4, 0.5) is 5.82 Å². The van der Waals surface area contributed by atoms with E-state index in [4.69, 9.17) is 0 Å². The summed E-state index contributed by atoms with van der Waals surface area (Å²) in [5.41, 5.74) is 2.59. The second-order valence-electron chi connectivity index (χ2n) is 5.27. The Kier molecular flexibility index (Phi) is 3.47. The molecule has 0 saturated carbocycles. The van der Waals surface area contributed by atoms with E-state index in [0.29, 0.717) is 5.92 Å². The Morgan fingerprint density at radius 1 is 1.25 bits per heavy atom. The van der Waals surface area contributed by atoms with Gasteiger partial charge in [0.2, 0.25) is 0 Å². The number of aromatic nitrogens is 1. The van der Waals surface area contributed by atoms with Gasteiger partial charge in [0.1, 0.15) is 5.82 Å². The van der Waals surface area contributed by atoms with E-state index in [1.54, 1.807) is 0 Å². The molecule has 0 unspecified atom stereocenters. The van der Waals surface area contributed by atoms with Crippen molar-refractivity contribution in [3.63, 3.8) is 0 Å². The number of aryl methyl sites for hydroxylation is 1. The third kappa shape index (κ3) is 2.75. The fraction of sp³-hybridized carbons (Fsp3) is 0.643. The topological polar surface area (TPSA) is 16.1 Å². The summed E-state index contributed by atoms with van der Waals surface area (Å²) in [6, 6.07) is 4.50. The number of rotatable bonds is 3. The van der Waals surface area contributed by atoms with Crippen molar-refractivity contribution in [2.24, 2.45) is 5.92 Å². The van der Waals surface area contributed by atoms with Crippen LogP contribution in [0.15, 0.2) is 12.1 Å². The predicted molar refractivity (Wildman–Crippen MR) is 69.0 cm³/mol. The van der Waals surface area contributed by atoms with Gasteiger partial charge in [0.05, 0.1) is 0 Å². The first kappa shape index (κ1) is 11.4. The summed E-state index contributed by atoms with van der Waals surface area (Å²) < 4.78 is 0. The lowest BCUT2D eigenvalue weighted by Crippen LogP contribution is -2.19. The summed E-state index contributed by atoms with van der Waals surface area (Å²) >= 11 is 0. The van der Waals surface area contributed by atoms with E-state index in [1.165, 1.54) is 37.3 Å². The standard InChI is InChI=1S/C14H22N2/c1-11(2)8-13-9-12(3)15-14(10-13)16-6-4-5-7-16/h9-11H,4-8H2,1-3H3. The zero-order valence-corrected chi connectivity index (χ0v) is 10.7. The van der Waals surface area contributed by atoms with Gasteiger partial charge in [-0.05, 0) is 49.8 Å². The van der Waals surface area contributed by atoms with Crippen molar-refractivity contribution in [1.82, 2.24) is 4.98 Å². The molecular formula is C14H22N2. The molecule has 88 valence electrons. The van der Waals surface area contributed by atoms with Crippen LogP contribution in [0.1, 0.15) is 37.9 Å². The smallest absolute Gasteiger partial charge is 0.129 e. The summed E-state index contributed by atoms with van der Waals surface area (Å²) in [6.45, 7) is 9.00. The van der Waals surface area contributed by atoms with Crippen LogP contribution >= 0.6 is 0 Å². The maximum atomic E-state index is 4.65. The quantitative estimate of drug-likeness (QED) is 0.774. The van der Waals surface area contributed by atoms with Gasteiger partial charge in [-0.3, -0.25) is 0 Å². The average Bonchev–Trinajstić information content (AvgIpc) is 2.67. The van der Waals surface area contributed by atoms with Crippen LogP contribution in [-0.2, 0) is 6.42 Å². The Labute approximate surface area is 98.7 Å². The van der Waals surface area contributed by atoms with E-state index >= 15 is 0 Å². The monoisotopic (exact) mass is 218 g/mol. The summed E-state index contributed by atoms with van der Waals surface area (Å²) in [5.74, 6) is 1.90. The molecule has 16 heavy (non-hydrogen) atoms. The Morgan fingerprint density at radius 2 is 1.94 bits per heavy atom. The molecule has 2 heterocycles. The lowest BCUT2D eigenvalue weighted by molar-refractivity contribution is 0.646. The van der Waals surface area contributed by atoms with Crippen molar-refractivity contribution in [2.75, 3.05) is 18.0 Å². The van der Waals surface area contributed by atoms with Gasteiger partial charge in [0, 0.05) is 18.8 Å². The molecule has 1 aromatic heterocycles. The summed E-state index contributed by atoms with van der Waals surface area (Å²) in [7, 11) is 0. The largest absolute Gasteiger partial charge is 0.357 e. The van der Waals surface area contributed by atoms with E-state index in [2.05, 4.69) is 42.8 Å². The van der Waals surface area contributed by atoms with Gasteiger partial charge in [0.15, 0.2) is 0 Å². The van der Waals surface area contributed by atoms with Crippen LogP contribution in [0.5, 0.6) is 0 Å². The molecule has 2 heteroatoms. The Hall–Kier alpha value is -1.05. The lowest BCUT2D eigenvalue weighted by atomic mass is 10.0. The first-order valence-electron chi connectivity index (χ1n) is 6.37. The van der Waals surface area contributed by atoms with Gasteiger partial charge in [-0.1, -0.05) is 13.8 Å². The highest BCUT2D eigenvalue weighted by atomic mass is 15.2. The minimum absolute atomic E-state index is 0.716. The van der Waals surface area contributed by atoms with E-state index in [-0.39, 0.29) is 0 Å². The minimum atomic E-state index is 0.716. The summed E-state index contributed by atoms with van der Waals surface area (Å²) in [4.78, 5) is 7.06. The molecule has 0 spiro atoms. The molecule has 1 saturated heterocycles. The van der Waals surface area contributed by atoms with Crippen molar-refractivity contribution in [1.29, 1.82) is 0 Å². The molecule has 0 aliphatic carbocycles. The molecule has 1 aliphatic heterocycles. The second kappa shape index (κ2) is 4.86. The molecule has 0 N–H and O–H groups in total. The Morgan fingerprint density at radius 3 is 2.56 bits per heavy atom. The van der Waals surface area contributed by atoms with E-state index in [0.717, 1.165) is 12.1 Å². The third-order valence-corrected chi connectivity index (χ3v) is 3.07. The molecule has 0 bridgehead atoms. The van der Waals surface area contributed by atoms with Gasteiger partial charge >= 0.3 is 0 Å². The Balaban J connectivity index is 2.20. The first-order valence-corrected chi connectivity index (χ1v) is 6.37. The van der Waals surface area contributed by atoms with E-state index in [1.807, 2.05) is 0 Å². The fourth-order valence-electron chi connectivity index (χ4n) is 2.42. The fourth-order valence-corrected chi connectivity index (χ4v) is 2.42. The molecule has 0 amide bonds. The first-order chi connectivity index (χ1) is 7.65. The van der Waals surface area contributed by atoms with Crippen molar-refractivity contribution in [3.8, 4) is 0 Å². The highest BCUT2D eigenvalue weighted by Gasteiger charge is 2.14. The van der Waals surface area contributed by atoms with Crippen LogP contribution in [-0.4, -0.2) is 18.1 Å². The Bertz CT molecular complexity index is 352. The molecule has 0 aromatic carbocycles. The average molecular weight is 218 g/mol. The highest BCUT2D eigenvalue weighted by Crippen LogP contribution is 2.21. The van der Waals surface area contributed by atoms with Crippen molar-refractivity contribution in [2.45, 2.75) is 40.0 Å². The summed E-state index contributed by atoms with van der Waals surface area (Å²) in [5, 5.41) is 0. The van der Waals surface area contributed by atoms with Crippen LogP contribution in [0.3, 0.4) is 0 Å². The number of hydrogen-bond donors (Lipinski definition) is 0. The second-order valence-corrected chi connectivity index (χ2v) is 5.27.